The van der Waals surface area contributed by atoms with Crippen LogP contribution in [0.1, 0.15) is 50.2 Å². The van der Waals surface area contributed by atoms with Gasteiger partial charge in [-0.05, 0) is 56.0 Å². The molecule has 0 aliphatic carbocycles. The molecule has 0 bridgehead atoms. The molecule has 21 heavy (non-hydrogen) atoms. The molecule has 1 fully saturated rings. The van der Waals surface area contributed by atoms with E-state index >= 15 is 0 Å². The first-order chi connectivity index (χ1) is 10.3. The molecule has 1 unspecified atom stereocenters. The van der Waals surface area contributed by atoms with Crippen molar-refractivity contribution in [1.82, 2.24) is 4.90 Å². The number of rotatable bonds is 6. The minimum absolute atomic E-state index is 0.537. The summed E-state index contributed by atoms with van der Waals surface area (Å²) in [6.07, 6.45) is 6.82. The summed E-state index contributed by atoms with van der Waals surface area (Å²) < 4.78 is 5.35. The van der Waals surface area contributed by atoms with Crippen molar-refractivity contribution in [3.8, 4) is 5.75 Å². The van der Waals surface area contributed by atoms with Gasteiger partial charge in [-0.25, -0.2) is 0 Å². The van der Waals surface area contributed by atoms with Crippen LogP contribution < -0.4 is 10.5 Å². The fourth-order valence-electron chi connectivity index (χ4n) is 3.43. The van der Waals surface area contributed by atoms with Gasteiger partial charge in [-0.2, -0.15) is 0 Å². The number of hydrogen-bond donors (Lipinski definition) is 1. The number of benzene rings is 1. The number of nitrogens with two attached hydrogens (primary N) is 1. The minimum atomic E-state index is 0.537. The Balaban J connectivity index is 1.95. The van der Waals surface area contributed by atoms with Crippen molar-refractivity contribution in [3.05, 3.63) is 29.3 Å². The first kappa shape index (κ1) is 16.3. The Morgan fingerprint density at radius 1 is 1.29 bits per heavy atom. The molecule has 3 heteroatoms. The topological polar surface area (TPSA) is 38.5 Å². The van der Waals surface area contributed by atoms with Crippen LogP contribution in [0.5, 0.6) is 5.75 Å². The van der Waals surface area contributed by atoms with Gasteiger partial charge in [-0.15, -0.1) is 0 Å². The molecular formula is C18H30N2O. The van der Waals surface area contributed by atoms with Crippen molar-refractivity contribution in [2.45, 2.75) is 52.1 Å². The van der Waals surface area contributed by atoms with Crippen LogP contribution >= 0.6 is 0 Å². The minimum Gasteiger partial charge on any atom is -0.496 e. The summed E-state index contributed by atoms with van der Waals surface area (Å²) in [5, 5.41) is 0. The van der Waals surface area contributed by atoms with Crippen molar-refractivity contribution in [2.75, 3.05) is 20.2 Å². The number of ether oxygens (including phenoxy) is 1. The summed E-state index contributed by atoms with van der Waals surface area (Å²) in [6.45, 7) is 6.33. The molecule has 2 rings (SSSR count). The predicted octanol–water partition coefficient (Wildman–Crippen LogP) is 3.56. The van der Waals surface area contributed by atoms with E-state index in [0.717, 1.165) is 23.8 Å². The van der Waals surface area contributed by atoms with Crippen LogP contribution in [0.3, 0.4) is 0 Å². The molecule has 1 saturated heterocycles. The van der Waals surface area contributed by atoms with E-state index in [4.69, 9.17) is 10.5 Å². The van der Waals surface area contributed by atoms with Crippen LogP contribution in [-0.4, -0.2) is 25.1 Å². The fourth-order valence-corrected chi connectivity index (χ4v) is 3.43. The largest absolute Gasteiger partial charge is 0.496 e. The maximum absolute atomic E-state index is 5.81. The number of nitrogens with zero attached hydrogens (tertiary/aromatic N) is 1. The monoisotopic (exact) mass is 290 g/mol. The molecule has 3 nitrogen and oxygen atoms in total. The highest BCUT2D eigenvalue weighted by Crippen LogP contribution is 2.24. The van der Waals surface area contributed by atoms with E-state index in [9.17, 15) is 0 Å². The smallest absolute Gasteiger partial charge is 0.123 e. The SMILES string of the molecule is CCCC1CCCN(Cc2ccc(OC)c(CN)c2)CC1. The van der Waals surface area contributed by atoms with Crippen LogP contribution in [0.25, 0.3) is 0 Å². The summed E-state index contributed by atoms with van der Waals surface area (Å²) in [5.41, 5.74) is 8.27. The van der Waals surface area contributed by atoms with Gasteiger partial charge < -0.3 is 10.5 Å². The van der Waals surface area contributed by atoms with Crippen LogP contribution in [0.4, 0.5) is 0 Å². The van der Waals surface area contributed by atoms with E-state index < -0.39 is 0 Å². The average Bonchev–Trinajstić information content (AvgIpc) is 2.73. The molecule has 0 amide bonds. The highest BCUT2D eigenvalue weighted by atomic mass is 16.5. The van der Waals surface area contributed by atoms with Crippen molar-refractivity contribution in [3.63, 3.8) is 0 Å². The lowest BCUT2D eigenvalue weighted by atomic mass is 9.96. The third-order valence-electron chi connectivity index (χ3n) is 4.61. The van der Waals surface area contributed by atoms with Crippen molar-refractivity contribution >= 4 is 0 Å². The van der Waals surface area contributed by atoms with Crippen molar-refractivity contribution < 1.29 is 4.74 Å². The second-order valence-corrected chi connectivity index (χ2v) is 6.21. The molecular weight excluding hydrogens is 260 g/mol. The Kier molecular flexibility index (Phi) is 6.52. The maximum Gasteiger partial charge on any atom is 0.123 e. The van der Waals surface area contributed by atoms with Gasteiger partial charge in [0.05, 0.1) is 7.11 Å². The molecule has 118 valence electrons. The quantitative estimate of drug-likeness (QED) is 0.870. The first-order valence-electron chi connectivity index (χ1n) is 8.35. The van der Waals surface area contributed by atoms with Gasteiger partial charge >= 0.3 is 0 Å². The van der Waals surface area contributed by atoms with E-state index in [1.165, 1.54) is 50.8 Å². The zero-order valence-electron chi connectivity index (χ0n) is 13.6. The standard InChI is InChI=1S/C18H30N2O/c1-3-5-15-6-4-10-20(11-9-15)14-16-7-8-18(21-2)17(12-16)13-19/h7-8,12,15H,3-6,9-11,13-14,19H2,1-2H3. The van der Waals surface area contributed by atoms with E-state index in [2.05, 4.69) is 30.0 Å². The van der Waals surface area contributed by atoms with E-state index in [0.29, 0.717) is 6.54 Å². The zero-order chi connectivity index (χ0) is 15.1. The van der Waals surface area contributed by atoms with Crippen molar-refractivity contribution in [2.24, 2.45) is 11.7 Å². The molecule has 1 aliphatic heterocycles. The first-order valence-corrected chi connectivity index (χ1v) is 8.35. The van der Waals surface area contributed by atoms with E-state index in [1.807, 2.05) is 0 Å². The third-order valence-corrected chi connectivity index (χ3v) is 4.61. The number of hydrogen-bond acceptors (Lipinski definition) is 3. The van der Waals surface area contributed by atoms with Gasteiger partial charge in [0.1, 0.15) is 5.75 Å². The lowest BCUT2D eigenvalue weighted by Gasteiger charge is -2.21. The molecule has 0 radical (unpaired) electrons. The Morgan fingerprint density at radius 2 is 2.14 bits per heavy atom. The van der Waals surface area contributed by atoms with Gasteiger partial charge in [-0.3, -0.25) is 4.90 Å². The molecule has 1 aromatic carbocycles. The molecule has 1 aromatic rings. The van der Waals surface area contributed by atoms with Crippen LogP contribution in [0.15, 0.2) is 18.2 Å². The Morgan fingerprint density at radius 3 is 2.86 bits per heavy atom. The van der Waals surface area contributed by atoms with E-state index in [-0.39, 0.29) is 0 Å². The Labute approximate surface area is 129 Å². The summed E-state index contributed by atoms with van der Waals surface area (Å²) in [4.78, 5) is 2.60. The molecule has 1 atom stereocenters. The van der Waals surface area contributed by atoms with Crippen molar-refractivity contribution in [1.29, 1.82) is 0 Å². The molecule has 1 heterocycles. The summed E-state index contributed by atoms with van der Waals surface area (Å²) >= 11 is 0. The lowest BCUT2D eigenvalue weighted by Crippen LogP contribution is -2.24. The van der Waals surface area contributed by atoms with Crippen LogP contribution in [0, 0.1) is 5.92 Å². The number of likely N-dealkylation sites (tertiary alicyclic amines) is 1. The zero-order valence-corrected chi connectivity index (χ0v) is 13.6. The normalized spacial score (nSPS) is 20.2. The highest BCUT2D eigenvalue weighted by Gasteiger charge is 2.16. The summed E-state index contributed by atoms with van der Waals surface area (Å²) in [6, 6.07) is 6.43. The maximum atomic E-state index is 5.81. The van der Waals surface area contributed by atoms with E-state index in [1.54, 1.807) is 7.11 Å². The van der Waals surface area contributed by atoms with Gasteiger partial charge in [0.2, 0.25) is 0 Å². The van der Waals surface area contributed by atoms with Gasteiger partial charge in [-0.1, -0.05) is 25.8 Å². The molecule has 1 aliphatic rings. The third kappa shape index (κ3) is 4.72. The summed E-state index contributed by atoms with van der Waals surface area (Å²) in [7, 11) is 1.71. The Hall–Kier alpha value is -1.06. The van der Waals surface area contributed by atoms with Gasteiger partial charge in [0.15, 0.2) is 0 Å². The predicted molar refractivity (Wildman–Crippen MR) is 88.4 cm³/mol. The lowest BCUT2D eigenvalue weighted by molar-refractivity contribution is 0.271. The summed E-state index contributed by atoms with van der Waals surface area (Å²) in [5.74, 6) is 1.84. The van der Waals surface area contributed by atoms with Gasteiger partial charge in [0, 0.05) is 18.7 Å². The molecule has 0 spiro atoms. The highest BCUT2D eigenvalue weighted by molar-refractivity contribution is 5.37. The second-order valence-electron chi connectivity index (χ2n) is 6.21. The fraction of sp³-hybridized carbons (Fsp3) is 0.667. The average molecular weight is 290 g/mol. The number of methoxy groups -OCH3 is 1. The Bertz CT molecular complexity index is 433. The van der Waals surface area contributed by atoms with Gasteiger partial charge in [0.25, 0.3) is 0 Å². The van der Waals surface area contributed by atoms with Crippen LogP contribution in [0.2, 0.25) is 0 Å². The second kappa shape index (κ2) is 8.40. The molecule has 0 saturated carbocycles. The van der Waals surface area contributed by atoms with Crippen LogP contribution in [-0.2, 0) is 13.1 Å². The molecule has 2 N–H and O–H groups in total. The molecule has 0 aromatic heterocycles.